The van der Waals surface area contributed by atoms with Crippen LogP contribution in [0.4, 0.5) is 5.13 Å². The lowest BCUT2D eigenvalue weighted by atomic mass is 10.1. The van der Waals surface area contributed by atoms with Crippen molar-refractivity contribution >= 4 is 49.8 Å². The third-order valence-electron chi connectivity index (χ3n) is 5.64. The van der Waals surface area contributed by atoms with Gasteiger partial charge in [-0.15, -0.1) is 0 Å². The molecule has 2 N–H and O–H groups in total. The summed E-state index contributed by atoms with van der Waals surface area (Å²) in [5.41, 5.74) is 1.35. The summed E-state index contributed by atoms with van der Waals surface area (Å²) in [4.78, 5) is 29.5. The highest BCUT2D eigenvalue weighted by Gasteiger charge is 2.20. The molecule has 0 bridgehead atoms. The van der Waals surface area contributed by atoms with Gasteiger partial charge in [0.2, 0.25) is 5.91 Å². The Bertz CT molecular complexity index is 1140. The van der Waals surface area contributed by atoms with Crippen molar-refractivity contribution in [2.75, 3.05) is 18.1 Å². The Balaban J connectivity index is 1.50. The van der Waals surface area contributed by atoms with E-state index in [1.165, 1.54) is 17.4 Å². The lowest BCUT2D eigenvalue weighted by molar-refractivity contribution is -0.147. The summed E-state index contributed by atoms with van der Waals surface area (Å²) >= 11 is 7.31. The van der Waals surface area contributed by atoms with Crippen molar-refractivity contribution in [3.8, 4) is 10.4 Å². The van der Waals surface area contributed by atoms with Gasteiger partial charge in [-0.3, -0.25) is 9.59 Å². The molecule has 1 saturated carbocycles. The lowest BCUT2D eigenvalue weighted by Crippen LogP contribution is -2.34. The second kappa shape index (κ2) is 11.6. The molecule has 3 rings (SSSR count). The second-order valence-corrected chi connectivity index (χ2v) is 12.0. The number of halogens is 1. The Kier molecular flexibility index (Phi) is 9.08. The molecule has 1 aromatic carbocycles. The van der Waals surface area contributed by atoms with Gasteiger partial charge in [0, 0.05) is 18.7 Å². The summed E-state index contributed by atoms with van der Waals surface area (Å²) < 4.78 is 29.4. The van der Waals surface area contributed by atoms with Crippen LogP contribution in [0.1, 0.15) is 51.1 Å². The van der Waals surface area contributed by atoms with Crippen LogP contribution in [-0.4, -0.2) is 50.2 Å². The number of hydrogen-bond acceptors (Lipinski definition) is 8. The first-order chi connectivity index (χ1) is 16.0. The van der Waals surface area contributed by atoms with Crippen LogP contribution >= 0.6 is 22.9 Å². The number of aryl methyl sites for hydroxylation is 1. The molecule has 1 aromatic heterocycles. The minimum absolute atomic E-state index is 0.0287. The molecule has 1 amide bonds. The Labute approximate surface area is 209 Å². The molecule has 0 aliphatic heterocycles. The van der Waals surface area contributed by atoms with Crippen molar-refractivity contribution in [1.29, 1.82) is 0 Å². The first kappa shape index (κ1) is 26.6. The second-order valence-electron chi connectivity index (χ2n) is 8.62. The van der Waals surface area contributed by atoms with Crippen molar-refractivity contribution in [1.82, 2.24) is 10.3 Å². The Morgan fingerprint density at radius 3 is 2.68 bits per heavy atom. The molecule has 1 aliphatic rings. The fraction of sp³-hybridized carbons (Fsp3) is 0.522. The number of carbonyl (C=O) groups excluding carboxylic acids is 2. The molecule has 1 atom stereocenters. The number of nitrogens with one attached hydrogen (secondary N) is 2. The van der Waals surface area contributed by atoms with Gasteiger partial charge in [-0.05, 0) is 63.6 Å². The monoisotopic (exact) mass is 527 g/mol. The number of rotatable bonds is 10. The van der Waals surface area contributed by atoms with Crippen LogP contribution < -0.4 is 10.6 Å². The van der Waals surface area contributed by atoms with Crippen LogP contribution in [0.15, 0.2) is 23.1 Å². The molecule has 1 heterocycles. The molecule has 2 aromatic rings. The lowest BCUT2D eigenvalue weighted by Gasteiger charge is -2.15. The molecule has 34 heavy (non-hydrogen) atoms. The van der Waals surface area contributed by atoms with Crippen LogP contribution in [-0.2, 0) is 24.2 Å². The fourth-order valence-corrected chi connectivity index (χ4v) is 6.05. The van der Waals surface area contributed by atoms with Crippen LogP contribution in [0, 0.1) is 6.92 Å². The van der Waals surface area contributed by atoms with Gasteiger partial charge >= 0.3 is 5.97 Å². The number of ether oxygens (including phenoxy) is 1. The minimum Gasteiger partial charge on any atom is -0.461 e. The number of hydrogen-bond donors (Lipinski definition) is 2. The number of thiazole rings is 1. The van der Waals surface area contributed by atoms with E-state index in [-0.39, 0.29) is 46.9 Å². The summed E-state index contributed by atoms with van der Waals surface area (Å²) in [6, 6.07) is 4.77. The minimum atomic E-state index is -3.47. The van der Waals surface area contributed by atoms with E-state index in [0.29, 0.717) is 22.8 Å². The molecule has 8 nitrogen and oxygen atoms in total. The van der Waals surface area contributed by atoms with Crippen molar-refractivity contribution in [2.45, 2.75) is 69.4 Å². The van der Waals surface area contributed by atoms with Crippen molar-refractivity contribution < 1.29 is 22.7 Å². The van der Waals surface area contributed by atoms with E-state index < -0.39 is 9.84 Å². The smallest absolute Gasteiger partial charge is 0.320 e. The van der Waals surface area contributed by atoms with Gasteiger partial charge in [-0.25, -0.2) is 13.4 Å². The van der Waals surface area contributed by atoms with E-state index >= 15 is 0 Å². The van der Waals surface area contributed by atoms with E-state index in [1.54, 1.807) is 19.1 Å². The van der Waals surface area contributed by atoms with Crippen LogP contribution in [0.25, 0.3) is 10.4 Å². The molecule has 0 saturated heterocycles. The van der Waals surface area contributed by atoms with Gasteiger partial charge in [-0.1, -0.05) is 29.0 Å². The van der Waals surface area contributed by atoms with E-state index in [1.807, 2.05) is 6.92 Å². The summed E-state index contributed by atoms with van der Waals surface area (Å²) in [5.74, 6) is -0.439. The number of anilines is 1. The first-order valence-corrected chi connectivity index (χ1v) is 14.3. The fourth-order valence-electron chi connectivity index (χ4n) is 3.77. The third kappa shape index (κ3) is 7.49. The van der Waals surface area contributed by atoms with Crippen molar-refractivity contribution in [2.24, 2.45) is 0 Å². The van der Waals surface area contributed by atoms with E-state index in [4.69, 9.17) is 16.3 Å². The van der Waals surface area contributed by atoms with Gasteiger partial charge in [0.15, 0.2) is 15.0 Å². The maximum Gasteiger partial charge on any atom is 0.320 e. The van der Waals surface area contributed by atoms with E-state index in [2.05, 4.69) is 15.6 Å². The SMILES string of the molecule is Cc1nc(NC(=O)CC[C@@H](C)NCC(=O)OC2CCCC2)sc1-c1ccc(Cl)c(S(C)(=O)=O)c1. The molecule has 0 unspecified atom stereocenters. The average Bonchev–Trinajstić information content (AvgIpc) is 3.39. The quantitative estimate of drug-likeness (QED) is 0.441. The molecule has 11 heteroatoms. The summed E-state index contributed by atoms with van der Waals surface area (Å²) in [5, 5.41) is 6.51. The molecular formula is C23H30ClN3O5S2. The molecule has 1 fully saturated rings. The summed E-state index contributed by atoms with van der Waals surface area (Å²) in [7, 11) is -3.47. The number of esters is 1. The topological polar surface area (TPSA) is 114 Å². The number of nitrogens with zero attached hydrogens (tertiary/aromatic N) is 1. The Morgan fingerprint density at radius 2 is 2.00 bits per heavy atom. The number of carbonyl (C=O) groups is 2. The zero-order chi connectivity index (χ0) is 24.9. The molecule has 0 spiro atoms. The Hall–Kier alpha value is -2.01. The average molecular weight is 528 g/mol. The molecule has 186 valence electrons. The number of sulfone groups is 1. The van der Waals surface area contributed by atoms with Gasteiger partial charge in [0.1, 0.15) is 6.10 Å². The summed E-state index contributed by atoms with van der Waals surface area (Å²) in [6.07, 6.45) is 6.07. The third-order valence-corrected chi connectivity index (χ3v) is 8.34. The van der Waals surface area contributed by atoms with Gasteiger partial charge < -0.3 is 15.4 Å². The number of aromatic nitrogens is 1. The molecular weight excluding hydrogens is 498 g/mol. The van der Waals surface area contributed by atoms with Gasteiger partial charge in [0.25, 0.3) is 0 Å². The predicted molar refractivity (Wildman–Crippen MR) is 134 cm³/mol. The predicted octanol–water partition coefficient (Wildman–Crippen LogP) is 4.36. The van der Waals surface area contributed by atoms with Crippen molar-refractivity contribution in [3.63, 3.8) is 0 Å². The first-order valence-electron chi connectivity index (χ1n) is 11.2. The number of amides is 1. The highest BCUT2D eigenvalue weighted by Crippen LogP contribution is 2.35. The molecule has 1 aliphatic carbocycles. The van der Waals surface area contributed by atoms with E-state index in [0.717, 1.165) is 36.8 Å². The highest BCUT2D eigenvalue weighted by atomic mass is 35.5. The zero-order valence-corrected chi connectivity index (χ0v) is 21.9. The summed E-state index contributed by atoms with van der Waals surface area (Å²) in [6.45, 7) is 3.85. The number of benzene rings is 1. The van der Waals surface area contributed by atoms with Crippen LogP contribution in [0.3, 0.4) is 0 Å². The van der Waals surface area contributed by atoms with Crippen molar-refractivity contribution in [3.05, 3.63) is 28.9 Å². The highest BCUT2D eigenvalue weighted by molar-refractivity contribution is 7.90. The van der Waals surface area contributed by atoms with Gasteiger partial charge in [-0.2, -0.15) is 0 Å². The van der Waals surface area contributed by atoms with Gasteiger partial charge in [0.05, 0.1) is 27.0 Å². The maximum absolute atomic E-state index is 12.4. The zero-order valence-electron chi connectivity index (χ0n) is 19.5. The normalized spacial score (nSPS) is 15.3. The standard InChI is InChI=1S/C23H30ClN3O5S2/c1-14(25-13-21(29)32-17-6-4-5-7-17)8-11-20(28)27-23-26-15(2)22(33-23)16-9-10-18(24)19(12-16)34(3,30)31/h9-10,12,14,17,25H,4-8,11,13H2,1-3H3,(H,26,27,28)/t14-/m1/s1. The molecule has 0 radical (unpaired) electrons. The Morgan fingerprint density at radius 1 is 1.29 bits per heavy atom. The van der Waals surface area contributed by atoms with E-state index in [9.17, 15) is 18.0 Å². The maximum atomic E-state index is 12.4. The van der Waals surface area contributed by atoms with Crippen LogP contribution in [0.2, 0.25) is 5.02 Å². The van der Waals surface area contributed by atoms with Crippen LogP contribution in [0.5, 0.6) is 0 Å². The largest absolute Gasteiger partial charge is 0.461 e.